The van der Waals surface area contributed by atoms with Crippen LogP contribution in [-0.4, -0.2) is 47.3 Å². The van der Waals surface area contributed by atoms with Gasteiger partial charge >= 0.3 is 23.9 Å². The minimum atomic E-state index is -2.02. The quantitative estimate of drug-likeness (QED) is 0.460. The number of hydrogen-bond donors (Lipinski definition) is 2. The lowest BCUT2D eigenvalue weighted by Gasteiger charge is -2.28. The molecule has 0 heterocycles. The maximum absolute atomic E-state index is 12.3. The normalized spacial score (nSPS) is 13.9. The largest absolute Gasteiger partial charge is 0.481 e. The van der Waals surface area contributed by atoms with Gasteiger partial charge in [0.1, 0.15) is 0 Å². The van der Waals surface area contributed by atoms with Crippen molar-refractivity contribution in [1.29, 1.82) is 0 Å². The summed E-state index contributed by atoms with van der Waals surface area (Å²) in [5, 5.41) is 19.2. The smallest absolute Gasteiger partial charge is 0.320 e. The Balaban J connectivity index is 3.70. The molecule has 10 heteroatoms. The summed E-state index contributed by atoms with van der Waals surface area (Å²) < 4.78 is 9.53. The predicted molar refractivity (Wildman–Crippen MR) is 94.7 cm³/mol. The number of carbonyl (C=O) groups is 4. The lowest BCUT2D eigenvalue weighted by atomic mass is 9.76. The molecule has 0 saturated carbocycles. The van der Waals surface area contributed by atoms with E-state index in [9.17, 15) is 29.4 Å². The van der Waals surface area contributed by atoms with Gasteiger partial charge in [-0.05, 0) is 37.6 Å². The van der Waals surface area contributed by atoms with Crippen LogP contribution < -0.4 is 0 Å². The van der Waals surface area contributed by atoms with Gasteiger partial charge in [0.15, 0.2) is 11.8 Å². The van der Waals surface area contributed by atoms with Gasteiger partial charge in [0.2, 0.25) is 0 Å². The molecule has 148 valence electrons. The van der Waals surface area contributed by atoms with Crippen molar-refractivity contribution in [1.82, 2.24) is 0 Å². The fourth-order valence-corrected chi connectivity index (χ4v) is 3.01. The third kappa shape index (κ3) is 5.58. The Morgan fingerprint density at radius 3 is 1.74 bits per heavy atom. The zero-order chi connectivity index (χ0) is 20.7. The number of carboxylic acids is 2. The molecule has 0 aliphatic heterocycles. The number of halogens is 2. The van der Waals surface area contributed by atoms with Crippen LogP contribution in [0, 0.1) is 11.8 Å². The van der Waals surface area contributed by atoms with Gasteiger partial charge in [0, 0.05) is 16.0 Å². The molecule has 2 N–H and O–H groups in total. The van der Waals surface area contributed by atoms with Crippen LogP contribution in [0.2, 0.25) is 10.0 Å². The van der Waals surface area contributed by atoms with Crippen molar-refractivity contribution in [3.63, 3.8) is 0 Å². The van der Waals surface area contributed by atoms with Crippen LogP contribution in [0.1, 0.15) is 25.3 Å². The molecule has 0 fully saturated rings. The third-order valence-electron chi connectivity index (χ3n) is 3.65. The van der Waals surface area contributed by atoms with E-state index in [4.69, 9.17) is 32.7 Å². The van der Waals surface area contributed by atoms with Gasteiger partial charge in [-0.2, -0.15) is 0 Å². The van der Waals surface area contributed by atoms with Crippen molar-refractivity contribution in [2.75, 3.05) is 13.2 Å². The molecule has 1 rings (SSSR count). The monoisotopic (exact) mass is 420 g/mol. The summed E-state index contributed by atoms with van der Waals surface area (Å²) in [6, 6.07) is 3.91. The summed E-state index contributed by atoms with van der Waals surface area (Å²) in [6.45, 7) is 2.63. The van der Waals surface area contributed by atoms with Crippen molar-refractivity contribution in [3.8, 4) is 0 Å². The molecule has 27 heavy (non-hydrogen) atoms. The first-order chi connectivity index (χ1) is 12.6. The second kappa shape index (κ2) is 10.1. The molecular weight excluding hydrogens is 403 g/mol. The summed E-state index contributed by atoms with van der Waals surface area (Å²) >= 11 is 12.0. The molecule has 2 unspecified atom stereocenters. The van der Waals surface area contributed by atoms with Crippen LogP contribution in [0.4, 0.5) is 0 Å². The van der Waals surface area contributed by atoms with Crippen LogP contribution in [0.3, 0.4) is 0 Å². The Labute approximate surface area is 165 Å². The fourth-order valence-electron chi connectivity index (χ4n) is 2.59. The Morgan fingerprint density at radius 2 is 1.37 bits per heavy atom. The van der Waals surface area contributed by atoms with Gasteiger partial charge in [-0.25, -0.2) is 0 Å². The summed E-state index contributed by atoms with van der Waals surface area (Å²) in [5.74, 6) is -11.5. The molecule has 8 nitrogen and oxygen atoms in total. The van der Waals surface area contributed by atoms with E-state index in [0.29, 0.717) is 0 Å². The first-order valence-corrected chi connectivity index (χ1v) is 8.65. The number of rotatable bonds is 9. The topological polar surface area (TPSA) is 127 Å². The van der Waals surface area contributed by atoms with E-state index < -0.39 is 41.6 Å². The fraction of sp³-hybridized carbons (Fsp3) is 0.412. The van der Waals surface area contributed by atoms with E-state index in [2.05, 4.69) is 0 Å². The molecule has 0 aliphatic rings. The SMILES string of the molecule is CCOC(=O)C(C(=O)O)C(c1cc(Cl)ccc1Cl)C(C(=O)O)C(=O)OCC. The molecule has 0 saturated heterocycles. The Bertz CT molecular complexity index is 698. The number of carbonyl (C=O) groups excluding carboxylic acids is 2. The van der Waals surface area contributed by atoms with Crippen molar-refractivity contribution < 1.29 is 38.9 Å². The Morgan fingerprint density at radius 1 is 0.926 bits per heavy atom. The number of hydrogen-bond acceptors (Lipinski definition) is 6. The van der Waals surface area contributed by atoms with E-state index in [0.717, 1.165) is 0 Å². The van der Waals surface area contributed by atoms with E-state index >= 15 is 0 Å². The minimum Gasteiger partial charge on any atom is -0.481 e. The van der Waals surface area contributed by atoms with Crippen LogP contribution in [0.25, 0.3) is 0 Å². The lowest BCUT2D eigenvalue weighted by Crippen LogP contribution is -2.42. The average Bonchev–Trinajstić information content (AvgIpc) is 2.56. The standard InChI is InChI=1S/C17H18Cl2O8/c1-3-26-16(24)12(14(20)21)11(9-7-8(18)5-6-10(9)19)13(15(22)23)17(25)27-4-2/h5-7,11-13H,3-4H2,1-2H3,(H,20,21)(H,22,23). The van der Waals surface area contributed by atoms with E-state index in [1.54, 1.807) is 0 Å². The first-order valence-electron chi connectivity index (χ1n) is 7.89. The maximum atomic E-state index is 12.3. The molecule has 1 aromatic rings. The van der Waals surface area contributed by atoms with Crippen LogP contribution in [0.5, 0.6) is 0 Å². The highest BCUT2D eigenvalue weighted by Gasteiger charge is 2.49. The van der Waals surface area contributed by atoms with Crippen LogP contribution in [0.15, 0.2) is 18.2 Å². The van der Waals surface area contributed by atoms with Gasteiger partial charge in [0.25, 0.3) is 0 Å². The van der Waals surface area contributed by atoms with Crippen LogP contribution >= 0.6 is 23.2 Å². The number of ether oxygens (including phenoxy) is 2. The van der Waals surface area contributed by atoms with Crippen molar-refractivity contribution >= 4 is 47.1 Å². The molecule has 0 bridgehead atoms. The molecule has 0 amide bonds. The summed E-state index contributed by atoms with van der Waals surface area (Å²) in [7, 11) is 0. The highest BCUT2D eigenvalue weighted by atomic mass is 35.5. The molecule has 2 atom stereocenters. The van der Waals surface area contributed by atoms with E-state index in [-0.39, 0.29) is 28.8 Å². The number of benzene rings is 1. The molecule has 0 spiro atoms. The Kier molecular flexibility index (Phi) is 8.52. The minimum absolute atomic E-state index is 0.0597. The summed E-state index contributed by atoms with van der Waals surface area (Å²) in [4.78, 5) is 48.2. The molecular formula is C17H18Cl2O8. The maximum Gasteiger partial charge on any atom is 0.320 e. The zero-order valence-corrected chi connectivity index (χ0v) is 16.0. The van der Waals surface area contributed by atoms with Crippen molar-refractivity contribution in [2.24, 2.45) is 11.8 Å². The Hall–Kier alpha value is -2.32. The predicted octanol–water partition coefficient (Wildman–Crippen LogP) is 2.60. The van der Waals surface area contributed by atoms with Gasteiger partial charge < -0.3 is 19.7 Å². The average molecular weight is 421 g/mol. The number of aliphatic carboxylic acids is 2. The molecule has 0 aliphatic carbocycles. The zero-order valence-electron chi connectivity index (χ0n) is 14.5. The van der Waals surface area contributed by atoms with Gasteiger partial charge in [-0.15, -0.1) is 0 Å². The van der Waals surface area contributed by atoms with E-state index in [1.807, 2.05) is 0 Å². The summed E-state index contributed by atoms with van der Waals surface area (Å²) in [6.07, 6.45) is 0. The number of esters is 2. The summed E-state index contributed by atoms with van der Waals surface area (Å²) in [5.41, 5.74) is -0.0925. The molecule has 0 radical (unpaired) electrons. The second-order valence-electron chi connectivity index (χ2n) is 5.33. The van der Waals surface area contributed by atoms with E-state index in [1.165, 1.54) is 32.0 Å². The third-order valence-corrected chi connectivity index (χ3v) is 4.23. The number of carboxylic acid groups (broad SMARTS) is 2. The van der Waals surface area contributed by atoms with Crippen molar-refractivity contribution in [2.45, 2.75) is 19.8 Å². The second-order valence-corrected chi connectivity index (χ2v) is 6.17. The highest BCUT2D eigenvalue weighted by molar-refractivity contribution is 6.33. The van der Waals surface area contributed by atoms with Gasteiger partial charge in [-0.1, -0.05) is 23.2 Å². The molecule has 0 aromatic heterocycles. The molecule has 1 aromatic carbocycles. The highest BCUT2D eigenvalue weighted by Crippen LogP contribution is 2.39. The van der Waals surface area contributed by atoms with Crippen LogP contribution in [-0.2, 0) is 28.7 Å². The van der Waals surface area contributed by atoms with Gasteiger partial charge in [0.05, 0.1) is 13.2 Å². The van der Waals surface area contributed by atoms with Crippen molar-refractivity contribution in [3.05, 3.63) is 33.8 Å². The lowest BCUT2D eigenvalue weighted by molar-refractivity contribution is -0.165. The van der Waals surface area contributed by atoms with Gasteiger partial charge in [-0.3, -0.25) is 19.2 Å². The first kappa shape index (κ1) is 22.7.